The van der Waals surface area contributed by atoms with Gasteiger partial charge in [-0.15, -0.1) is 0 Å². The summed E-state index contributed by atoms with van der Waals surface area (Å²) in [5, 5.41) is 4.01. The van der Waals surface area contributed by atoms with Gasteiger partial charge in [-0.1, -0.05) is 37.1 Å². The molecule has 2 saturated heterocycles. The summed E-state index contributed by atoms with van der Waals surface area (Å²) < 4.78 is 0. The van der Waals surface area contributed by atoms with Crippen molar-refractivity contribution in [3.63, 3.8) is 0 Å². The fourth-order valence-electron chi connectivity index (χ4n) is 14.3. The molecule has 0 aromatic carbocycles. The van der Waals surface area contributed by atoms with E-state index in [1.54, 1.807) is 6.08 Å². The molecule has 0 spiro atoms. The molecule has 8 heteroatoms. The van der Waals surface area contributed by atoms with Crippen LogP contribution < -0.4 is 15.1 Å². The van der Waals surface area contributed by atoms with Crippen LogP contribution >= 0.6 is 0 Å². The minimum Gasteiger partial charge on any atom is -0.356 e. The second kappa shape index (κ2) is 12.3. The molecule has 4 bridgehead atoms. The lowest BCUT2D eigenvalue weighted by Crippen LogP contribution is -2.55. The third-order valence-electron chi connectivity index (χ3n) is 16.3. The Hall–Kier alpha value is -3.00. The predicted molar refractivity (Wildman–Crippen MR) is 206 cm³/mol. The number of piperazine rings is 1. The van der Waals surface area contributed by atoms with Crippen molar-refractivity contribution in [2.75, 3.05) is 60.9 Å². The number of carbonyl (C=O) groups excluding carboxylic acids is 2. The molecule has 1 aromatic rings. The highest BCUT2D eigenvalue weighted by molar-refractivity contribution is 6.01. The molecule has 11 rings (SSSR count). The molecule has 10 aliphatic rings. The van der Waals surface area contributed by atoms with Crippen molar-refractivity contribution in [3.8, 4) is 0 Å². The highest BCUT2D eigenvalue weighted by atomic mass is 16.1. The Kier molecular flexibility index (Phi) is 7.91. The van der Waals surface area contributed by atoms with Gasteiger partial charge in [0.05, 0.1) is 6.54 Å². The standard InChI is InChI=1S/C44H60N6O2/c1-28-18-36-34-7-6-32-22-33(51)8-10-42(32,2)35(34)9-11-43(36,3)40(28)37(52)27-48-14-16-50(17-15-48)39-23-38(49-12-4-5-13-49)45-41(46-39)47-44-24-29-19-30(25-44)21-31(20-29)26-44/h8-10,22-23,28-31,34,36,40H,4-7,11-21,24-27H2,1-3H3,(H,45,46,47)/t28-,29?,30?,31?,34-,36+,40-,42+,43+,44?/m1/s1. The van der Waals surface area contributed by atoms with Crippen LogP contribution in [-0.2, 0) is 9.59 Å². The van der Waals surface area contributed by atoms with Gasteiger partial charge in [0.25, 0.3) is 0 Å². The molecule has 8 fully saturated rings. The second-order valence-corrected chi connectivity index (χ2v) is 19.6. The van der Waals surface area contributed by atoms with E-state index in [9.17, 15) is 9.59 Å². The van der Waals surface area contributed by atoms with Crippen molar-refractivity contribution in [1.29, 1.82) is 0 Å². The summed E-state index contributed by atoms with van der Waals surface area (Å²) in [5.41, 5.74) is 2.86. The lowest BCUT2D eigenvalue weighted by atomic mass is 9.52. The normalized spacial score (nSPS) is 42.1. The molecule has 3 heterocycles. The number of Topliss-reactive ketones (excluding diaryl/α,β-unsaturated/α-hetero) is 1. The Morgan fingerprint density at radius 2 is 1.56 bits per heavy atom. The van der Waals surface area contributed by atoms with E-state index in [-0.39, 0.29) is 28.1 Å². The highest BCUT2D eigenvalue weighted by Crippen LogP contribution is 2.65. The molecule has 0 amide bonds. The van der Waals surface area contributed by atoms with Gasteiger partial charge in [-0.2, -0.15) is 9.97 Å². The molecule has 0 radical (unpaired) electrons. The molecule has 1 N–H and O–H groups in total. The summed E-state index contributed by atoms with van der Waals surface area (Å²) in [6, 6.07) is 2.24. The van der Waals surface area contributed by atoms with Gasteiger partial charge in [0.15, 0.2) is 11.6 Å². The monoisotopic (exact) mass is 704 g/mol. The van der Waals surface area contributed by atoms with E-state index in [4.69, 9.17) is 9.97 Å². The average Bonchev–Trinajstić information content (AvgIpc) is 3.74. The molecule has 6 atom stereocenters. The largest absolute Gasteiger partial charge is 0.356 e. The second-order valence-electron chi connectivity index (χ2n) is 19.6. The summed E-state index contributed by atoms with van der Waals surface area (Å²) in [5.74, 6) is 7.74. The first kappa shape index (κ1) is 33.6. The number of nitrogens with one attached hydrogen (secondary N) is 1. The summed E-state index contributed by atoms with van der Waals surface area (Å²) in [4.78, 5) is 44.4. The molecular formula is C44H60N6O2. The summed E-state index contributed by atoms with van der Waals surface area (Å²) in [7, 11) is 0. The van der Waals surface area contributed by atoms with Crippen LogP contribution in [0.15, 0.2) is 41.5 Å². The Morgan fingerprint density at radius 3 is 2.23 bits per heavy atom. The molecule has 6 saturated carbocycles. The number of allylic oxidation sites excluding steroid dienone is 6. The van der Waals surface area contributed by atoms with Crippen LogP contribution in [0.25, 0.3) is 0 Å². The molecule has 8 nitrogen and oxygen atoms in total. The maximum Gasteiger partial charge on any atom is 0.227 e. The number of nitrogens with zero attached hydrogens (tertiary/aromatic N) is 5. The van der Waals surface area contributed by atoms with Crippen molar-refractivity contribution in [2.45, 2.75) is 103 Å². The Labute approximate surface area is 310 Å². The third-order valence-corrected chi connectivity index (χ3v) is 16.3. The van der Waals surface area contributed by atoms with Gasteiger partial charge < -0.3 is 15.1 Å². The van der Waals surface area contributed by atoms with Gasteiger partial charge in [0.2, 0.25) is 5.95 Å². The first-order chi connectivity index (χ1) is 25.1. The molecule has 2 aliphatic heterocycles. The fourth-order valence-corrected chi connectivity index (χ4v) is 14.3. The first-order valence-electron chi connectivity index (χ1n) is 21.1. The van der Waals surface area contributed by atoms with Gasteiger partial charge in [-0.3, -0.25) is 14.5 Å². The zero-order valence-electron chi connectivity index (χ0n) is 31.9. The maximum atomic E-state index is 14.4. The zero-order chi connectivity index (χ0) is 35.4. The van der Waals surface area contributed by atoms with Crippen molar-refractivity contribution in [1.82, 2.24) is 14.9 Å². The molecule has 278 valence electrons. The van der Waals surface area contributed by atoms with Crippen LogP contribution in [0, 0.1) is 52.3 Å². The number of carbonyl (C=O) groups is 2. The third kappa shape index (κ3) is 5.46. The van der Waals surface area contributed by atoms with E-state index in [1.165, 1.54) is 62.5 Å². The summed E-state index contributed by atoms with van der Waals surface area (Å²) >= 11 is 0. The van der Waals surface area contributed by atoms with Crippen LogP contribution in [0.3, 0.4) is 0 Å². The number of rotatable bonds is 7. The smallest absolute Gasteiger partial charge is 0.227 e. The Balaban J connectivity index is 0.824. The van der Waals surface area contributed by atoms with Gasteiger partial charge in [-0.25, -0.2) is 0 Å². The fraction of sp³-hybridized carbons (Fsp3) is 0.727. The minimum absolute atomic E-state index is 0.00525. The SMILES string of the molecule is C[C@@H]1C[C@H]2[C@@H]3CCC4=CC(=O)C=C[C@]4(C)C3=CC[C@]2(C)[C@H]1C(=O)CN1CCN(c2cc(N3CCCC3)nc(NC34CC5CC(CC(C5)C3)C4)n2)CC1. The number of hydrogen-bond acceptors (Lipinski definition) is 8. The van der Waals surface area contributed by atoms with Crippen molar-refractivity contribution < 1.29 is 9.59 Å². The highest BCUT2D eigenvalue weighted by Gasteiger charge is 2.59. The van der Waals surface area contributed by atoms with E-state index in [0.29, 0.717) is 30.1 Å². The molecule has 8 aliphatic carbocycles. The Bertz CT molecular complexity index is 1700. The van der Waals surface area contributed by atoms with Gasteiger partial charge in [0.1, 0.15) is 11.6 Å². The van der Waals surface area contributed by atoms with E-state index < -0.39 is 0 Å². The number of anilines is 3. The molecule has 1 aromatic heterocycles. The number of hydrogen-bond donors (Lipinski definition) is 1. The summed E-state index contributed by atoms with van der Waals surface area (Å²) in [6.45, 7) is 13.4. The number of aromatic nitrogens is 2. The minimum atomic E-state index is -0.131. The topological polar surface area (TPSA) is 81.7 Å². The number of ketones is 2. The maximum absolute atomic E-state index is 14.4. The predicted octanol–water partition coefficient (Wildman–Crippen LogP) is 7.24. The van der Waals surface area contributed by atoms with E-state index in [2.05, 4.69) is 59.0 Å². The first-order valence-corrected chi connectivity index (χ1v) is 21.1. The van der Waals surface area contributed by atoms with E-state index in [0.717, 1.165) is 100 Å². The van der Waals surface area contributed by atoms with Crippen LogP contribution in [0.4, 0.5) is 17.6 Å². The van der Waals surface area contributed by atoms with E-state index in [1.807, 2.05) is 6.08 Å². The van der Waals surface area contributed by atoms with Crippen LogP contribution in [-0.4, -0.2) is 77.8 Å². The molecule has 52 heavy (non-hydrogen) atoms. The lowest BCUT2D eigenvalue weighted by molar-refractivity contribution is -0.129. The van der Waals surface area contributed by atoms with Crippen LogP contribution in [0.2, 0.25) is 0 Å². The van der Waals surface area contributed by atoms with Gasteiger partial charge in [-0.05, 0) is 137 Å². The summed E-state index contributed by atoms with van der Waals surface area (Å²) in [6.07, 6.45) is 23.2. The van der Waals surface area contributed by atoms with Gasteiger partial charge in [0, 0.05) is 62.2 Å². The Morgan fingerprint density at radius 1 is 0.904 bits per heavy atom. The van der Waals surface area contributed by atoms with Gasteiger partial charge >= 0.3 is 0 Å². The van der Waals surface area contributed by atoms with Crippen molar-refractivity contribution in [2.24, 2.45) is 52.3 Å². The molecular weight excluding hydrogens is 645 g/mol. The zero-order valence-corrected chi connectivity index (χ0v) is 31.9. The number of fused-ring (bicyclic) bond motifs is 5. The van der Waals surface area contributed by atoms with Crippen molar-refractivity contribution in [3.05, 3.63) is 41.5 Å². The van der Waals surface area contributed by atoms with E-state index >= 15 is 0 Å². The quantitative estimate of drug-likeness (QED) is 0.298. The van der Waals surface area contributed by atoms with Crippen LogP contribution in [0.5, 0.6) is 0 Å². The molecule has 0 unspecified atom stereocenters. The van der Waals surface area contributed by atoms with Crippen molar-refractivity contribution >= 4 is 29.2 Å². The lowest BCUT2D eigenvalue weighted by Gasteiger charge is -2.56. The average molecular weight is 705 g/mol. The van der Waals surface area contributed by atoms with Crippen LogP contribution in [0.1, 0.15) is 97.8 Å².